The molecular formula is C9H12N2O6. The van der Waals surface area contributed by atoms with Gasteiger partial charge in [-0.2, -0.15) is 0 Å². The summed E-state index contributed by atoms with van der Waals surface area (Å²) in [5.74, 6) is 0. The number of H-pyrrole nitrogens is 2. The fourth-order valence-corrected chi connectivity index (χ4v) is 1.79. The molecule has 0 amide bonds. The fraction of sp³-hybridized carbons (Fsp3) is 0.556. The highest BCUT2D eigenvalue weighted by Gasteiger charge is 2.44. The highest BCUT2D eigenvalue weighted by atomic mass is 16.6. The molecular weight excluding hydrogens is 232 g/mol. The maximum Gasteiger partial charge on any atom is 0.325 e. The highest BCUT2D eigenvalue weighted by Crippen LogP contribution is 2.31. The van der Waals surface area contributed by atoms with Gasteiger partial charge >= 0.3 is 5.69 Å². The number of aromatic amines is 2. The summed E-state index contributed by atoms with van der Waals surface area (Å²) in [4.78, 5) is 26.5. The van der Waals surface area contributed by atoms with E-state index in [-0.39, 0.29) is 5.56 Å². The van der Waals surface area contributed by atoms with E-state index in [1.807, 2.05) is 4.98 Å². The molecule has 1 saturated heterocycles. The third kappa shape index (κ3) is 2.03. The lowest BCUT2D eigenvalue weighted by atomic mass is 10.0. The zero-order valence-corrected chi connectivity index (χ0v) is 8.66. The van der Waals surface area contributed by atoms with E-state index >= 15 is 0 Å². The molecule has 8 nitrogen and oxygen atoms in total. The summed E-state index contributed by atoms with van der Waals surface area (Å²) in [6.45, 7) is -0.476. The van der Waals surface area contributed by atoms with Crippen molar-refractivity contribution < 1.29 is 20.1 Å². The molecule has 0 aliphatic carbocycles. The average molecular weight is 244 g/mol. The quantitative estimate of drug-likeness (QED) is 0.382. The van der Waals surface area contributed by atoms with Crippen LogP contribution in [0.1, 0.15) is 11.7 Å². The van der Waals surface area contributed by atoms with Crippen LogP contribution in [0, 0.1) is 0 Å². The Bertz CT molecular complexity index is 509. The van der Waals surface area contributed by atoms with E-state index in [9.17, 15) is 19.8 Å². The van der Waals surface area contributed by atoms with Gasteiger partial charge in [-0.1, -0.05) is 0 Å². The Morgan fingerprint density at radius 3 is 2.53 bits per heavy atom. The summed E-state index contributed by atoms with van der Waals surface area (Å²) < 4.78 is 5.15. The molecule has 17 heavy (non-hydrogen) atoms. The van der Waals surface area contributed by atoms with Crippen molar-refractivity contribution in [2.45, 2.75) is 24.4 Å². The van der Waals surface area contributed by atoms with Crippen LogP contribution in [0.25, 0.3) is 0 Å². The second-order valence-electron chi connectivity index (χ2n) is 3.79. The zero-order valence-electron chi connectivity index (χ0n) is 8.66. The van der Waals surface area contributed by atoms with Crippen LogP contribution in [0.2, 0.25) is 0 Å². The van der Waals surface area contributed by atoms with Gasteiger partial charge in [0, 0.05) is 6.20 Å². The maximum absolute atomic E-state index is 11.5. The average Bonchev–Trinajstić information content (AvgIpc) is 2.57. The zero-order chi connectivity index (χ0) is 12.6. The van der Waals surface area contributed by atoms with Gasteiger partial charge in [0.05, 0.1) is 12.2 Å². The number of rotatable bonds is 2. The highest BCUT2D eigenvalue weighted by molar-refractivity contribution is 5.13. The fourth-order valence-electron chi connectivity index (χ4n) is 1.79. The minimum atomic E-state index is -1.33. The largest absolute Gasteiger partial charge is 0.394 e. The van der Waals surface area contributed by atoms with Crippen molar-refractivity contribution in [1.82, 2.24) is 9.97 Å². The number of hydrogen-bond donors (Lipinski definition) is 5. The summed E-state index contributed by atoms with van der Waals surface area (Å²) in [6.07, 6.45) is -3.54. The molecule has 0 unspecified atom stereocenters. The van der Waals surface area contributed by atoms with Gasteiger partial charge in [0.1, 0.15) is 24.4 Å². The molecule has 4 atom stereocenters. The van der Waals surface area contributed by atoms with Gasteiger partial charge in [-0.05, 0) is 0 Å². The molecule has 1 aromatic rings. The first-order valence-electron chi connectivity index (χ1n) is 4.99. The van der Waals surface area contributed by atoms with E-state index in [1.165, 1.54) is 0 Å². The van der Waals surface area contributed by atoms with E-state index in [0.717, 1.165) is 6.20 Å². The first-order chi connectivity index (χ1) is 8.04. The number of ether oxygens (including phenoxy) is 1. The molecule has 2 heterocycles. The van der Waals surface area contributed by atoms with Crippen LogP contribution in [-0.4, -0.2) is 50.2 Å². The van der Waals surface area contributed by atoms with Gasteiger partial charge in [0.15, 0.2) is 0 Å². The van der Waals surface area contributed by atoms with Crippen LogP contribution in [0.5, 0.6) is 0 Å². The number of aromatic nitrogens is 2. The predicted octanol–water partition coefficient (Wildman–Crippen LogP) is -2.78. The summed E-state index contributed by atoms with van der Waals surface area (Å²) >= 11 is 0. The molecule has 94 valence electrons. The van der Waals surface area contributed by atoms with Crippen molar-refractivity contribution in [3.63, 3.8) is 0 Å². The van der Waals surface area contributed by atoms with Gasteiger partial charge in [-0.15, -0.1) is 0 Å². The molecule has 1 aliphatic heterocycles. The van der Waals surface area contributed by atoms with Gasteiger partial charge < -0.3 is 25.0 Å². The van der Waals surface area contributed by atoms with Crippen LogP contribution in [0.15, 0.2) is 15.8 Å². The standard InChI is InChI=1S/C9H12N2O6/c12-2-4-5(13)6(14)7(17-4)3-1-10-9(16)11-8(3)15/h1,4-7,12-14H,2H2,(H2,10,11,15,16)/t4-,5+,6-,7-/m1/s1. The number of aliphatic hydroxyl groups is 3. The predicted molar refractivity (Wildman–Crippen MR) is 54.4 cm³/mol. The first kappa shape index (κ1) is 12.0. The first-order valence-corrected chi connectivity index (χ1v) is 4.99. The van der Waals surface area contributed by atoms with Gasteiger partial charge in [0.25, 0.3) is 5.56 Å². The number of nitrogens with one attached hydrogen (secondary N) is 2. The smallest absolute Gasteiger partial charge is 0.325 e. The summed E-state index contributed by atoms with van der Waals surface area (Å²) in [5, 5.41) is 28.1. The molecule has 0 saturated carbocycles. The third-order valence-corrected chi connectivity index (χ3v) is 2.70. The second kappa shape index (κ2) is 4.41. The second-order valence-corrected chi connectivity index (χ2v) is 3.79. The van der Waals surface area contributed by atoms with Crippen LogP contribution in [0.3, 0.4) is 0 Å². The van der Waals surface area contributed by atoms with Crippen molar-refractivity contribution in [1.29, 1.82) is 0 Å². The lowest BCUT2D eigenvalue weighted by molar-refractivity contribution is -0.0232. The minimum absolute atomic E-state index is 0.00731. The lowest BCUT2D eigenvalue weighted by Crippen LogP contribution is -2.34. The normalized spacial score (nSPS) is 32.9. The van der Waals surface area contributed by atoms with Crippen LogP contribution in [-0.2, 0) is 4.74 Å². The van der Waals surface area contributed by atoms with Crippen molar-refractivity contribution in [3.05, 3.63) is 32.6 Å². The van der Waals surface area contributed by atoms with Gasteiger partial charge in [0.2, 0.25) is 0 Å². The minimum Gasteiger partial charge on any atom is -0.394 e. The topological polar surface area (TPSA) is 136 Å². The Kier molecular flexibility index (Phi) is 3.11. The van der Waals surface area contributed by atoms with Crippen LogP contribution >= 0.6 is 0 Å². The van der Waals surface area contributed by atoms with E-state index in [1.54, 1.807) is 0 Å². The Morgan fingerprint density at radius 1 is 1.29 bits per heavy atom. The Labute approximate surface area is 94.5 Å². The van der Waals surface area contributed by atoms with Gasteiger partial charge in [-0.3, -0.25) is 9.78 Å². The van der Waals surface area contributed by atoms with Crippen molar-refractivity contribution in [2.75, 3.05) is 6.61 Å². The molecule has 1 aromatic heterocycles. The Morgan fingerprint density at radius 2 is 2.00 bits per heavy atom. The SMILES string of the molecule is O=c1[nH]cc([C@H]2O[C@H](CO)[C@H](O)[C@H]2O)c(=O)[nH]1. The number of aliphatic hydroxyl groups excluding tert-OH is 3. The molecule has 5 N–H and O–H groups in total. The third-order valence-electron chi connectivity index (χ3n) is 2.70. The molecule has 0 spiro atoms. The lowest BCUT2D eigenvalue weighted by Gasteiger charge is -2.13. The van der Waals surface area contributed by atoms with Crippen molar-refractivity contribution in [3.8, 4) is 0 Å². The van der Waals surface area contributed by atoms with E-state index < -0.39 is 42.3 Å². The molecule has 1 aliphatic rings. The summed E-state index contributed by atoms with van der Waals surface area (Å²) in [6, 6.07) is 0. The van der Waals surface area contributed by atoms with Crippen molar-refractivity contribution in [2.24, 2.45) is 0 Å². The molecule has 1 fully saturated rings. The van der Waals surface area contributed by atoms with Gasteiger partial charge in [-0.25, -0.2) is 4.79 Å². The molecule has 0 aromatic carbocycles. The molecule has 2 rings (SSSR count). The van der Waals surface area contributed by atoms with Crippen LogP contribution in [0.4, 0.5) is 0 Å². The van der Waals surface area contributed by atoms with E-state index in [4.69, 9.17) is 9.84 Å². The summed E-state index contributed by atoms with van der Waals surface area (Å²) in [7, 11) is 0. The molecule has 0 bridgehead atoms. The van der Waals surface area contributed by atoms with E-state index in [2.05, 4.69) is 4.98 Å². The summed E-state index contributed by atoms with van der Waals surface area (Å²) in [5.41, 5.74) is -1.39. The Balaban J connectivity index is 2.35. The van der Waals surface area contributed by atoms with Crippen molar-refractivity contribution >= 4 is 0 Å². The number of hydrogen-bond acceptors (Lipinski definition) is 6. The Hall–Kier alpha value is -1.48. The van der Waals surface area contributed by atoms with E-state index in [0.29, 0.717) is 0 Å². The van der Waals surface area contributed by atoms with Crippen LogP contribution < -0.4 is 11.2 Å². The molecule has 8 heteroatoms. The molecule has 0 radical (unpaired) electrons. The maximum atomic E-state index is 11.5. The monoisotopic (exact) mass is 244 g/mol.